The van der Waals surface area contributed by atoms with Crippen molar-refractivity contribution in [2.45, 2.75) is 45.4 Å². The molecule has 1 amide bonds. The SMILES string of the molecule is C/C(=C\C(=O)Nc1cccc(OCCS(C)(=O)=O)c1)C12CC3CC(CC(C3)C1)C2. The maximum Gasteiger partial charge on any atom is 0.248 e. The lowest BCUT2D eigenvalue weighted by molar-refractivity contribution is -0.112. The van der Waals surface area contributed by atoms with Gasteiger partial charge in [-0.3, -0.25) is 4.79 Å². The first-order chi connectivity index (χ1) is 13.7. The molecule has 0 heterocycles. The van der Waals surface area contributed by atoms with Gasteiger partial charge in [0.1, 0.15) is 12.4 Å². The van der Waals surface area contributed by atoms with Crippen LogP contribution in [-0.4, -0.2) is 32.9 Å². The number of ether oxygens (including phenoxy) is 1. The van der Waals surface area contributed by atoms with Crippen LogP contribution in [0.5, 0.6) is 5.75 Å². The topological polar surface area (TPSA) is 72.5 Å². The minimum Gasteiger partial charge on any atom is -0.492 e. The van der Waals surface area contributed by atoms with E-state index >= 15 is 0 Å². The molecular formula is C23H31NO4S. The lowest BCUT2D eigenvalue weighted by Gasteiger charge is -2.57. The molecule has 0 saturated heterocycles. The van der Waals surface area contributed by atoms with Crippen LogP contribution in [0.2, 0.25) is 0 Å². The van der Waals surface area contributed by atoms with Crippen molar-refractivity contribution in [3.8, 4) is 5.75 Å². The molecule has 0 aromatic heterocycles. The Morgan fingerprint density at radius 1 is 1.17 bits per heavy atom. The molecule has 158 valence electrons. The fourth-order valence-corrected chi connectivity index (χ4v) is 6.48. The highest BCUT2D eigenvalue weighted by atomic mass is 32.2. The molecule has 1 N–H and O–H groups in total. The second-order valence-corrected chi connectivity index (χ2v) is 11.8. The summed E-state index contributed by atoms with van der Waals surface area (Å²) >= 11 is 0. The Morgan fingerprint density at radius 2 is 1.79 bits per heavy atom. The number of amides is 1. The minimum absolute atomic E-state index is 0.0312. The second kappa shape index (κ2) is 7.78. The molecule has 4 aliphatic rings. The Morgan fingerprint density at radius 3 is 2.38 bits per heavy atom. The lowest BCUT2D eigenvalue weighted by Crippen LogP contribution is -2.46. The first-order valence-electron chi connectivity index (χ1n) is 10.6. The molecule has 1 aromatic carbocycles. The number of carbonyl (C=O) groups excluding carboxylic acids is 1. The van der Waals surface area contributed by atoms with E-state index in [2.05, 4.69) is 12.2 Å². The third kappa shape index (κ3) is 4.85. The van der Waals surface area contributed by atoms with Crippen LogP contribution in [0.4, 0.5) is 5.69 Å². The van der Waals surface area contributed by atoms with Gasteiger partial charge in [0.2, 0.25) is 5.91 Å². The van der Waals surface area contributed by atoms with Gasteiger partial charge in [0.15, 0.2) is 9.84 Å². The summed E-state index contributed by atoms with van der Waals surface area (Å²) in [6, 6.07) is 7.10. The number of rotatable bonds is 7. The van der Waals surface area contributed by atoms with Crippen molar-refractivity contribution in [1.29, 1.82) is 0 Å². The highest BCUT2D eigenvalue weighted by Crippen LogP contribution is 2.62. The Bertz CT molecular complexity index is 883. The van der Waals surface area contributed by atoms with Crippen molar-refractivity contribution in [3.63, 3.8) is 0 Å². The van der Waals surface area contributed by atoms with Gasteiger partial charge in [0.25, 0.3) is 0 Å². The minimum atomic E-state index is -3.06. The van der Waals surface area contributed by atoms with E-state index in [1.165, 1.54) is 50.4 Å². The molecule has 0 aliphatic heterocycles. The van der Waals surface area contributed by atoms with Gasteiger partial charge < -0.3 is 10.1 Å². The lowest BCUT2D eigenvalue weighted by atomic mass is 9.48. The first-order valence-corrected chi connectivity index (χ1v) is 12.7. The molecular weight excluding hydrogens is 386 g/mol. The van der Waals surface area contributed by atoms with E-state index in [1.54, 1.807) is 24.3 Å². The van der Waals surface area contributed by atoms with Gasteiger partial charge in [-0.15, -0.1) is 0 Å². The summed E-state index contributed by atoms with van der Waals surface area (Å²) in [5, 5.41) is 2.94. The molecule has 29 heavy (non-hydrogen) atoms. The second-order valence-electron chi connectivity index (χ2n) is 9.52. The zero-order valence-corrected chi connectivity index (χ0v) is 18.1. The average Bonchev–Trinajstić information content (AvgIpc) is 2.59. The molecule has 0 atom stereocenters. The largest absolute Gasteiger partial charge is 0.492 e. The Labute approximate surface area is 173 Å². The van der Waals surface area contributed by atoms with Crippen molar-refractivity contribution >= 4 is 21.4 Å². The molecule has 5 rings (SSSR count). The van der Waals surface area contributed by atoms with Crippen molar-refractivity contribution in [3.05, 3.63) is 35.9 Å². The number of nitrogens with one attached hydrogen (secondary N) is 1. The summed E-state index contributed by atoms with van der Waals surface area (Å²) in [7, 11) is -3.06. The molecule has 1 aromatic rings. The molecule has 0 radical (unpaired) electrons. The molecule has 4 aliphatic carbocycles. The standard InChI is InChI=1S/C23H31NO4S/c1-16(23-13-17-9-18(14-23)11-19(10-17)15-23)8-22(25)24-20-4-3-5-21(12-20)28-6-7-29(2,26)27/h3-5,8,12,17-19H,6-7,9-11,13-15H2,1-2H3,(H,24,25)/b16-8+. The van der Waals surface area contributed by atoms with Gasteiger partial charge in [-0.25, -0.2) is 8.42 Å². The highest BCUT2D eigenvalue weighted by molar-refractivity contribution is 7.90. The fraction of sp³-hybridized carbons (Fsp3) is 0.609. The van der Waals surface area contributed by atoms with Gasteiger partial charge in [0, 0.05) is 24.1 Å². The summed E-state index contributed by atoms with van der Waals surface area (Å²) < 4.78 is 27.9. The van der Waals surface area contributed by atoms with Crippen LogP contribution in [0.3, 0.4) is 0 Å². The van der Waals surface area contributed by atoms with Crippen molar-refractivity contribution in [1.82, 2.24) is 0 Å². The maximum absolute atomic E-state index is 12.7. The number of sulfone groups is 1. The Hall–Kier alpha value is -1.82. The normalized spacial score (nSPS) is 31.0. The van der Waals surface area contributed by atoms with Gasteiger partial charge in [-0.05, 0) is 80.8 Å². The van der Waals surface area contributed by atoms with Crippen molar-refractivity contribution in [2.75, 3.05) is 23.9 Å². The average molecular weight is 418 g/mol. The third-order valence-electron chi connectivity index (χ3n) is 7.05. The maximum atomic E-state index is 12.7. The number of hydrogen-bond donors (Lipinski definition) is 1. The van der Waals surface area contributed by atoms with E-state index in [-0.39, 0.29) is 23.7 Å². The summed E-state index contributed by atoms with van der Waals surface area (Å²) in [6.45, 7) is 2.23. The van der Waals surface area contributed by atoms with E-state index in [1.807, 2.05) is 6.07 Å². The van der Waals surface area contributed by atoms with Crippen LogP contribution in [0, 0.1) is 23.2 Å². The quantitative estimate of drug-likeness (QED) is 0.675. The molecule has 5 nitrogen and oxygen atoms in total. The van der Waals surface area contributed by atoms with E-state index in [0.717, 1.165) is 17.8 Å². The Kier molecular flexibility index (Phi) is 5.49. The molecule has 0 spiro atoms. The number of hydrogen-bond acceptors (Lipinski definition) is 4. The third-order valence-corrected chi connectivity index (χ3v) is 7.96. The molecule has 4 fully saturated rings. The van der Waals surface area contributed by atoms with Crippen LogP contribution in [0.1, 0.15) is 45.4 Å². The van der Waals surface area contributed by atoms with E-state index < -0.39 is 9.84 Å². The molecule has 6 heteroatoms. The van der Waals surface area contributed by atoms with Crippen molar-refractivity contribution in [2.24, 2.45) is 23.2 Å². The van der Waals surface area contributed by atoms with Gasteiger partial charge in [-0.2, -0.15) is 0 Å². The number of carbonyl (C=O) groups is 1. The predicted molar refractivity (Wildman–Crippen MR) is 115 cm³/mol. The van der Waals surface area contributed by atoms with Gasteiger partial charge in [-0.1, -0.05) is 11.6 Å². The van der Waals surface area contributed by atoms with Crippen LogP contribution in [-0.2, 0) is 14.6 Å². The van der Waals surface area contributed by atoms with Crippen LogP contribution < -0.4 is 10.1 Å². The summed E-state index contributed by atoms with van der Waals surface area (Å²) in [5.74, 6) is 2.98. The zero-order valence-electron chi connectivity index (χ0n) is 17.3. The highest BCUT2D eigenvalue weighted by Gasteiger charge is 2.51. The Balaban J connectivity index is 1.39. The van der Waals surface area contributed by atoms with Crippen molar-refractivity contribution < 1.29 is 17.9 Å². The predicted octanol–water partition coefficient (Wildman–Crippen LogP) is 4.21. The van der Waals surface area contributed by atoms with Crippen LogP contribution >= 0.6 is 0 Å². The van der Waals surface area contributed by atoms with Crippen LogP contribution in [0.25, 0.3) is 0 Å². The fourth-order valence-electron chi connectivity index (χ4n) is 6.10. The van der Waals surface area contributed by atoms with E-state index in [0.29, 0.717) is 11.4 Å². The number of anilines is 1. The smallest absolute Gasteiger partial charge is 0.248 e. The zero-order chi connectivity index (χ0) is 20.6. The van der Waals surface area contributed by atoms with Crippen LogP contribution in [0.15, 0.2) is 35.9 Å². The monoisotopic (exact) mass is 417 g/mol. The summed E-state index contributed by atoms with van der Waals surface area (Å²) in [6.07, 6.45) is 10.9. The first kappa shape index (κ1) is 20.5. The summed E-state index contributed by atoms with van der Waals surface area (Å²) in [4.78, 5) is 12.7. The molecule has 4 saturated carbocycles. The van der Waals surface area contributed by atoms with E-state index in [9.17, 15) is 13.2 Å². The molecule has 0 unspecified atom stereocenters. The number of benzene rings is 1. The summed E-state index contributed by atoms with van der Waals surface area (Å²) in [5.41, 5.74) is 2.12. The number of allylic oxidation sites excluding steroid dienone is 1. The van der Waals surface area contributed by atoms with Gasteiger partial charge in [0.05, 0.1) is 5.75 Å². The van der Waals surface area contributed by atoms with Gasteiger partial charge >= 0.3 is 0 Å². The molecule has 4 bridgehead atoms. The van der Waals surface area contributed by atoms with E-state index in [4.69, 9.17) is 4.74 Å².